The fourth-order valence-electron chi connectivity index (χ4n) is 0.600. The summed E-state index contributed by atoms with van der Waals surface area (Å²) in [4.78, 5) is 0. The lowest BCUT2D eigenvalue weighted by Gasteiger charge is -1.92. The van der Waals surface area contributed by atoms with Crippen molar-refractivity contribution in [1.82, 2.24) is 0 Å². The number of rotatable bonds is 1. The number of halogens is 1. The van der Waals surface area contributed by atoms with Gasteiger partial charge in [-0.25, -0.2) is 0 Å². The first kappa shape index (κ1) is 7.34. The minimum Gasteiger partial charge on any atom is -0.445 e. The summed E-state index contributed by atoms with van der Waals surface area (Å²) in [6.07, 6.45) is 1.49. The molecule has 3 nitrogen and oxygen atoms in total. The van der Waals surface area contributed by atoms with Gasteiger partial charge in [0, 0.05) is 15.3 Å². The summed E-state index contributed by atoms with van der Waals surface area (Å²) < 4.78 is 6.59. The van der Waals surface area contributed by atoms with Gasteiger partial charge in [0.15, 0.2) is 0 Å². The normalized spacial score (nSPS) is 9.40. The van der Waals surface area contributed by atoms with E-state index in [2.05, 4.69) is 15.9 Å². The van der Waals surface area contributed by atoms with Crippen LogP contribution in [0.3, 0.4) is 0 Å². The molecule has 1 heterocycles. The van der Waals surface area contributed by atoms with Crippen LogP contribution < -0.4 is 9.47 Å². The molecule has 0 atom stereocenters. The monoisotopic (exact) mass is 204 g/mol. The molecular weight excluding hydrogens is 198 g/mol. The lowest BCUT2D eigenvalue weighted by molar-refractivity contribution is -0.906. The van der Waals surface area contributed by atoms with Gasteiger partial charge in [0.2, 0.25) is 6.20 Å². The maximum atomic E-state index is 9.01. The molecule has 0 unspecified atom stereocenters. The molecule has 0 bridgehead atoms. The van der Waals surface area contributed by atoms with Crippen molar-refractivity contribution in [3.8, 4) is 5.88 Å². The van der Waals surface area contributed by atoms with Crippen molar-refractivity contribution in [2.45, 2.75) is 0 Å². The zero-order valence-electron chi connectivity index (χ0n) is 5.41. The number of hydrogen-bond acceptors (Lipinski definition) is 2. The highest BCUT2D eigenvalue weighted by Gasteiger charge is 2.08. The summed E-state index contributed by atoms with van der Waals surface area (Å²) in [5.74, 6) is 0.398. The van der Waals surface area contributed by atoms with Crippen molar-refractivity contribution in [3.63, 3.8) is 0 Å². The average molecular weight is 205 g/mol. The van der Waals surface area contributed by atoms with E-state index in [0.717, 1.165) is 9.20 Å². The first-order valence-electron chi connectivity index (χ1n) is 2.68. The van der Waals surface area contributed by atoms with Crippen LogP contribution in [-0.2, 0) is 0 Å². The Kier molecular flexibility index (Phi) is 2.11. The quantitative estimate of drug-likeness (QED) is 0.547. The van der Waals surface area contributed by atoms with Crippen molar-refractivity contribution < 1.29 is 14.7 Å². The molecule has 0 aliphatic heterocycles. The summed E-state index contributed by atoms with van der Waals surface area (Å²) >= 11 is 3.23. The zero-order chi connectivity index (χ0) is 7.56. The molecule has 0 amide bonds. The minimum absolute atomic E-state index is 0.398. The van der Waals surface area contributed by atoms with E-state index in [1.165, 1.54) is 13.3 Å². The van der Waals surface area contributed by atoms with Crippen molar-refractivity contribution >= 4 is 15.9 Å². The molecule has 1 aromatic heterocycles. The van der Waals surface area contributed by atoms with E-state index < -0.39 is 0 Å². The molecule has 0 radical (unpaired) electrons. The van der Waals surface area contributed by atoms with Gasteiger partial charge in [-0.05, 0) is 0 Å². The Morgan fingerprint density at radius 1 is 1.70 bits per heavy atom. The van der Waals surface area contributed by atoms with Crippen molar-refractivity contribution in [2.75, 3.05) is 7.11 Å². The fourth-order valence-corrected chi connectivity index (χ4v) is 0.914. The van der Waals surface area contributed by atoms with Gasteiger partial charge in [-0.15, -0.1) is 0 Å². The Hall–Kier alpha value is -0.770. The van der Waals surface area contributed by atoms with E-state index in [1.807, 2.05) is 0 Å². The molecular formula is C6H7BrNO2+. The first-order chi connectivity index (χ1) is 4.74. The summed E-state index contributed by atoms with van der Waals surface area (Å²) in [7, 11) is 1.49. The maximum Gasteiger partial charge on any atom is 0.417 e. The fraction of sp³-hybridized carbons (Fsp3) is 0.167. The molecule has 1 aromatic rings. The maximum absolute atomic E-state index is 9.01. The number of methoxy groups -OCH3 is 1. The Balaban J connectivity index is 3.09. The van der Waals surface area contributed by atoms with Gasteiger partial charge in [0.25, 0.3) is 0 Å². The average Bonchev–Trinajstić information content (AvgIpc) is 1.94. The van der Waals surface area contributed by atoms with Crippen LogP contribution in [0.15, 0.2) is 22.8 Å². The summed E-state index contributed by atoms with van der Waals surface area (Å²) in [6, 6.07) is 3.38. The van der Waals surface area contributed by atoms with Crippen LogP contribution in [0, 0.1) is 0 Å². The number of pyridine rings is 1. The lowest BCUT2D eigenvalue weighted by Crippen LogP contribution is -2.30. The van der Waals surface area contributed by atoms with Gasteiger partial charge in [-0.3, -0.25) is 5.21 Å². The third-order valence-corrected chi connectivity index (χ3v) is 1.56. The second-order valence-corrected chi connectivity index (χ2v) is 2.65. The van der Waals surface area contributed by atoms with Gasteiger partial charge in [0.05, 0.1) is 13.2 Å². The van der Waals surface area contributed by atoms with Crippen LogP contribution in [-0.4, -0.2) is 12.3 Å². The van der Waals surface area contributed by atoms with Crippen LogP contribution >= 0.6 is 15.9 Å². The largest absolute Gasteiger partial charge is 0.445 e. The van der Waals surface area contributed by atoms with Crippen molar-refractivity contribution in [1.29, 1.82) is 0 Å². The molecule has 4 heteroatoms. The van der Waals surface area contributed by atoms with Crippen LogP contribution in [0.1, 0.15) is 0 Å². The lowest BCUT2D eigenvalue weighted by atomic mass is 10.5. The topological polar surface area (TPSA) is 33.3 Å². The van der Waals surface area contributed by atoms with E-state index in [4.69, 9.17) is 9.94 Å². The molecule has 0 spiro atoms. The highest BCUT2D eigenvalue weighted by molar-refractivity contribution is 9.10. The minimum atomic E-state index is 0.398. The third-order valence-electron chi connectivity index (χ3n) is 1.07. The predicted molar refractivity (Wildman–Crippen MR) is 38.1 cm³/mol. The molecule has 0 aromatic carbocycles. The SMILES string of the molecule is COc1cc(Br)cc[n+]1O. The van der Waals surface area contributed by atoms with Crippen LogP contribution in [0.5, 0.6) is 5.88 Å². The third kappa shape index (κ3) is 1.39. The van der Waals surface area contributed by atoms with E-state index in [0.29, 0.717) is 5.88 Å². The summed E-state index contributed by atoms with van der Waals surface area (Å²) in [5.41, 5.74) is 0. The number of nitrogens with zero attached hydrogens (tertiary/aromatic N) is 1. The molecule has 0 saturated heterocycles. The molecule has 0 saturated carbocycles. The smallest absolute Gasteiger partial charge is 0.417 e. The van der Waals surface area contributed by atoms with E-state index in [9.17, 15) is 0 Å². The first-order valence-corrected chi connectivity index (χ1v) is 3.48. The Bertz CT molecular complexity index is 239. The second-order valence-electron chi connectivity index (χ2n) is 1.73. The Morgan fingerprint density at radius 2 is 2.40 bits per heavy atom. The number of hydrogen-bond donors (Lipinski definition) is 1. The highest BCUT2D eigenvalue weighted by Crippen LogP contribution is 2.11. The van der Waals surface area contributed by atoms with Crippen molar-refractivity contribution in [3.05, 3.63) is 22.8 Å². The number of ether oxygens (including phenoxy) is 1. The van der Waals surface area contributed by atoms with Gasteiger partial charge < -0.3 is 4.74 Å². The van der Waals surface area contributed by atoms with E-state index in [1.54, 1.807) is 12.1 Å². The summed E-state index contributed by atoms with van der Waals surface area (Å²) in [5, 5.41) is 9.01. The second kappa shape index (κ2) is 2.88. The van der Waals surface area contributed by atoms with E-state index in [-0.39, 0.29) is 0 Å². The molecule has 10 heavy (non-hydrogen) atoms. The van der Waals surface area contributed by atoms with Crippen LogP contribution in [0.4, 0.5) is 0 Å². The van der Waals surface area contributed by atoms with Crippen LogP contribution in [0.2, 0.25) is 0 Å². The Labute approximate surface area is 67.0 Å². The Morgan fingerprint density at radius 3 is 2.90 bits per heavy atom. The predicted octanol–water partition coefficient (Wildman–Crippen LogP) is 0.982. The van der Waals surface area contributed by atoms with Crippen molar-refractivity contribution in [2.24, 2.45) is 0 Å². The van der Waals surface area contributed by atoms with Gasteiger partial charge >= 0.3 is 5.88 Å². The molecule has 0 aliphatic rings. The van der Waals surface area contributed by atoms with Crippen LogP contribution in [0.25, 0.3) is 0 Å². The molecule has 1 rings (SSSR count). The molecule has 0 fully saturated rings. The number of aromatic nitrogens is 1. The van der Waals surface area contributed by atoms with Gasteiger partial charge in [-0.1, -0.05) is 15.9 Å². The molecule has 1 N–H and O–H groups in total. The van der Waals surface area contributed by atoms with Gasteiger partial charge in [-0.2, -0.15) is 0 Å². The summed E-state index contributed by atoms with van der Waals surface area (Å²) in [6.45, 7) is 0. The molecule has 0 aliphatic carbocycles. The standard InChI is InChI=1S/C6H7BrNO2/c1-10-6-4-5(7)2-3-8(6)9/h2-4,9H,1H3/q+1. The molecule has 54 valence electrons. The highest BCUT2D eigenvalue weighted by atomic mass is 79.9. The van der Waals surface area contributed by atoms with Gasteiger partial charge in [0.1, 0.15) is 0 Å². The zero-order valence-corrected chi connectivity index (χ0v) is 7.00. The van der Waals surface area contributed by atoms with E-state index >= 15 is 0 Å².